The third-order valence-corrected chi connectivity index (χ3v) is 6.59. The molecule has 0 aliphatic carbocycles. The summed E-state index contributed by atoms with van der Waals surface area (Å²) in [5.41, 5.74) is -0.00746. The predicted molar refractivity (Wildman–Crippen MR) is 103 cm³/mol. The summed E-state index contributed by atoms with van der Waals surface area (Å²) < 4.78 is 46.1. The maximum absolute atomic E-state index is 13.7. The summed E-state index contributed by atoms with van der Waals surface area (Å²) in [4.78, 5) is 12.4. The van der Waals surface area contributed by atoms with Gasteiger partial charge in [-0.3, -0.25) is 4.79 Å². The highest BCUT2D eigenvalue weighted by atomic mass is 32.2. The topological polar surface area (TPSA) is 75.7 Å². The molecule has 0 spiro atoms. The number of rotatable bonds is 6. The van der Waals surface area contributed by atoms with Gasteiger partial charge in [0.15, 0.2) is 0 Å². The van der Waals surface area contributed by atoms with Gasteiger partial charge in [0.05, 0.1) is 17.1 Å². The Morgan fingerprint density at radius 3 is 2.39 bits per heavy atom. The van der Waals surface area contributed by atoms with Crippen molar-refractivity contribution in [1.29, 1.82) is 0 Å². The fraction of sp³-hybridized carbons (Fsp3) is 0.350. The highest BCUT2D eigenvalue weighted by Crippen LogP contribution is 2.23. The Balaban J connectivity index is 1.60. The van der Waals surface area contributed by atoms with E-state index in [1.165, 1.54) is 34.6 Å². The second kappa shape index (κ2) is 8.70. The zero-order valence-corrected chi connectivity index (χ0v) is 16.4. The van der Waals surface area contributed by atoms with Crippen LogP contribution in [0.25, 0.3) is 0 Å². The maximum atomic E-state index is 13.7. The summed E-state index contributed by atoms with van der Waals surface area (Å²) in [6, 6.07) is 11.9. The molecule has 0 saturated carbocycles. The Morgan fingerprint density at radius 2 is 1.79 bits per heavy atom. The molecule has 0 radical (unpaired) electrons. The van der Waals surface area contributed by atoms with Gasteiger partial charge in [-0.1, -0.05) is 12.1 Å². The third kappa shape index (κ3) is 4.51. The second-order valence-electron chi connectivity index (χ2n) is 6.54. The van der Waals surface area contributed by atoms with E-state index in [1.807, 2.05) is 6.92 Å². The first-order valence-corrected chi connectivity index (χ1v) is 10.6. The fourth-order valence-electron chi connectivity index (χ4n) is 3.17. The van der Waals surface area contributed by atoms with Crippen LogP contribution in [-0.4, -0.2) is 44.4 Å². The predicted octanol–water partition coefficient (Wildman–Crippen LogP) is 2.81. The van der Waals surface area contributed by atoms with E-state index < -0.39 is 21.7 Å². The fourth-order valence-corrected chi connectivity index (χ4v) is 4.64. The lowest BCUT2D eigenvalue weighted by molar-refractivity contribution is 0.0919. The van der Waals surface area contributed by atoms with Crippen molar-refractivity contribution in [3.63, 3.8) is 0 Å². The van der Waals surface area contributed by atoms with Crippen molar-refractivity contribution >= 4 is 15.9 Å². The number of carbonyl (C=O) groups excluding carboxylic acids is 1. The summed E-state index contributed by atoms with van der Waals surface area (Å²) in [6.07, 6.45) is 0.937. The zero-order valence-electron chi connectivity index (χ0n) is 15.6. The molecule has 0 aromatic heterocycles. The van der Waals surface area contributed by atoms with Crippen molar-refractivity contribution < 1.29 is 22.3 Å². The van der Waals surface area contributed by atoms with E-state index in [0.717, 1.165) is 0 Å². The van der Waals surface area contributed by atoms with Crippen molar-refractivity contribution in [2.45, 2.75) is 30.7 Å². The van der Waals surface area contributed by atoms with Crippen molar-refractivity contribution in [1.82, 2.24) is 9.62 Å². The van der Waals surface area contributed by atoms with Gasteiger partial charge in [-0.2, -0.15) is 4.31 Å². The van der Waals surface area contributed by atoms with Gasteiger partial charge < -0.3 is 10.1 Å². The molecule has 0 unspecified atom stereocenters. The van der Waals surface area contributed by atoms with E-state index in [2.05, 4.69) is 5.32 Å². The molecule has 2 aromatic rings. The minimum Gasteiger partial charge on any atom is -0.494 e. The minimum absolute atomic E-state index is 0.00746. The first-order valence-electron chi connectivity index (χ1n) is 9.20. The number of nitrogens with zero attached hydrogens (tertiary/aromatic N) is 1. The Bertz CT molecular complexity index is 923. The molecule has 1 fully saturated rings. The quantitative estimate of drug-likeness (QED) is 0.800. The molecule has 28 heavy (non-hydrogen) atoms. The summed E-state index contributed by atoms with van der Waals surface area (Å²) >= 11 is 0. The van der Waals surface area contributed by atoms with Crippen LogP contribution >= 0.6 is 0 Å². The Labute approximate surface area is 164 Å². The van der Waals surface area contributed by atoms with Gasteiger partial charge in [-0.25, -0.2) is 12.8 Å². The van der Waals surface area contributed by atoms with Crippen LogP contribution in [0.4, 0.5) is 4.39 Å². The molecule has 1 amide bonds. The SMILES string of the molecule is CCOc1ccc(S(=O)(=O)N2CCC(NC(=O)c3ccccc3F)CC2)cc1. The standard InChI is InChI=1S/C20H23FN2O4S/c1-2-27-16-7-9-17(10-8-16)28(25,26)23-13-11-15(12-14-23)22-20(24)18-5-3-4-6-19(18)21/h3-10,15H,2,11-14H2,1H3,(H,22,24). The molecule has 1 aliphatic heterocycles. The highest BCUT2D eigenvalue weighted by molar-refractivity contribution is 7.89. The van der Waals surface area contributed by atoms with Crippen molar-refractivity contribution in [3.8, 4) is 5.75 Å². The van der Waals surface area contributed by atoms with E-state index in [-0.39, 0.29) is 29.6 Å². The molecule has 2 aromatic carbocycles. The largest absolute Gasteiger partial charge is 0.494 e. The Morgan fingerprint density at radius 1 is 1.14 bits per heavy atom. The number of hydrogen-bond acceptors (Lipinski definition) is 4. The molecule has 0 bridgehead atoms. The van der Waals surface area contributed by atoms with Crippen LogP contribution < -0.4 is 10.1 Å². The molecular weight excluding hydrogens is 383 g/mol. The molecular formula is C20H23FN2O4S. The monoisotopic (exact) mass is 406 g/mol. The number of piperidine rings is 1. The normalized spacial score (nSPS) is 15.9. The number of benzene rings is 2. The van der Waals surface area contributed by atoms with Gasteiger partial charge in [0.1, 0.15) is 11.6 Å². The van der Waals surface area contributed by atoms with Crippen LogP contribution in [0.5, 0.6) is 5.75 Å². The number of nitrogens with one attached hydrogen (secondary N) is 1. The van der Waals surface area contributed by atoms with Crippen LogP contribution in [0, 0.1) is 5.82 Å². The van der Waals surface area contributed by atoms with E-state index in [0.29, 0.717) is 25.2 Å². The van der Waals surface area contributed by atoms with Crippen molar-refractivity contribution in [3.05, 3.63) is 59.9 Å². The summed E-state index contributed by atoms with van der Waals surface area (Å²) in [5.74, 6) is -0.433. The number of hydrogen-bond donors (Lipinski definition) is 1. The van der Waals surface area contributed by atoms with Gasteiger partial charge in [-0.05, 0) is 56.2 Å². The maximum Gasteiger partial charge on any atom is 0.254 e. The Kier molecular flexibility index (Phi) is 6.31. The highest BCUT2D eigenvalue weighted by Gasteiger charge is 2.30. The van der Waals surface area contributed by atoms with Crippen LogP contribution in [-0.2, 0) is 10.0 Å². The Hall–Kier alpha value is -2.45. The average molecular weight is 406 g/mol. The van der Waals surface area contributed by atoms with Crippen molar-refractivity contribution in [2.75, 3.05) is 19.7 Å². The van der Waals surface area contributed by atoms with Gasteiger partial charge in [0.25, 0.3) is 5.91 Å². The lowest BCUT2D eigenvalue weighted by Crippen LogP contribution is -2.46. The van der Waals surface area contributed by atoms with E-state index in [9.17, 15) is 17.6 Å². The molecule has 3 rings (SSSR count). The smallest absolute Gasteiger partial charge is 0.254 e. The molecule has 1 saturated heterocycles. The minimum atomic E-state index is -3.60. The number of ether oxygens (including phenoxy) is 1. The van der Waals surface area contributed by atoms with Gasteiger partial charge >= 0.3 is 0 Å². The number of amides is 1. The van der Waals surface area contributed by atoms with E-state index in [1.54, 1.807) is 18.2 Å². The van der Waals surface area contributed by atoms with Crippen LogP contribution in [0.15, 0.2) is 53.4 Å². The van der Waals surface area contributed by atoms with Crippen LogP contribution in [0.1, 0.15) is 30.1 Å². The third-order valence-electron chi connectivity index (χ3n) is 4.68. The molecule has 8 heteroatoms. The van der Waals surface area contributed by atoms with E-state index >= 15 is 0 Å². The van der Waals surface area contributed by atoms with Crippen LogP contribution in [0.2, 0.25) is 0 Å². The van der Waals surface area contributed by atoms with E-state index in [4.69, 9.17) is 4.74 Å². The number of carbonyl (C=O) groups is 1. The second-order valence-corrected chi connectivity index (χ2v) is 8.47. The first-order chi connectivity index (χ1) is 13.4. The van der Waals surface area contributed by atoms with Crippen molar-refractivity contribution in [2.24, 2.45) is 0 Å². The molecule has 150 valence electrons. The molecule has 1 N–H and O–H groups in total. The average Bonchev–Trinajstić information content (AvgIpc) is 2.69. The van der Waals surface area contributed by atoms with Gasteiger partial charge in [-0.15, -0.1) is 0 Å². The number of halogens is 1. The summed E-state index contributed by atoms with van der Waals surface area (Å²) in [6.45, 7) is 2.95. The summed E-state index contributed by atoms with van der Waals surface area (Å²) in [5, 5.41) is 2.79. The van der Waals surface area contributed by atoms with Crippen LogP contribution in [0.3, 0.4) is 0 Å². The molecule has 0 atom stereocenters. The zero-order chi connectivity index (χ0) is 20.1. The molecule has 1 heterocycles. The lowest BCUT2D eigenvalue weighted by Gasteiger charge is -2.31. The van der Waals surface area contributed by atoms with Gasteiger partial charge in [0, 0.05) is 19.1 Å². The van der Waals surface area contributed by atoms with Gasteiger partial charge in [0.2, 0.25) is 10.0 Å². The number of sulfonamides is 1. The molecule has 6 nitrogen and oxygen atoms in total. The summed E-state index contributed by atoms with van der Waals surface area (Å²) in [7, 11) is -3.60. The first kappa shape index (κ1) is 20.3. The lowest BCUT2D eigenvalue weighted by atomic mass is 10.1. The molecule has 1 aliphatic rings.